The van der Waals surface area contributed by atoms with Crippen molar-refractivity contribution in [2.24, 2.45) is 0 Å². The predicted octanol–water partition coefficient (Wildman–Crippen LogP) is 1.11. The van der Waals surface area contributed by atoms with E-state index in [0.29, 0.717) is 0 Å². The second-order valence-electron chi connectivity index (χ2n) is 8.60. The number of β-lactam (4-membered cyclic amide) rings is 1. The highest BCUT2D eigenvalue weighted by atomic mass is 32.2. The number of nitrogens with one attached hydrogen (secondary N) is 1. The van der Waals surface area contributed by atoms with Crippen molar-refractivity contribution >= 4 is 35.7 Å². The fourth-order valence-corrected chi connectivity index (χ4v) is 5.12. The molecule has 1 aromatic rings. The van der Waals surface area contributed by atoms with E-state index in [1.54, 1.807) is 45.0 Å². The van der Waals surface area contributed by atoms with E-state index in [1.165, 1.54) is 0 Å². The number of rotatable bonds is 6. The highest BCUT2D eigenvalue weighted by Gasteiger charge is 2.66. The third-order valence-electron chi connectivity index (χ3n) is 5.08. The molecule has 0 spiro atoms. The van der Waals surface area contributed by atoms with Crippen LogP contribution in [-0.2, 0) is 30.5 Å². The summed E-state index contributed by atoms with van der Waals surface area (Å²) in [5.41, 5.74) is -2.61. The van der Waals surface area contributed by atoms with Gasteiger partial charge in [0, 0.05) is 5.75 Å². The van der Waals surface area contributed by atoms with Gasteiger partial charge in [-0.15, -0.1) is 0 Å². The number of nitrogens with zero attached hydrogens (tertiary/aromatic N) is 1. The molecule has 0 aromatic heterocycles. The summed E-state index contributed by atoms with van der Waals surface area (Å²) in [6, 6.07) is 7.18. The van der Waals surface area contributed by atoms with Crippen LogP contribution < -0.4 is 5.32 Å². The fraction of sp³-hybridized carbons (Fsp3) is 0.524. The molecule has 0 saturated carbocycles. The average Bonchev–Trinajstić information content (AvgIpc) is 2.70. The molecule has 2 heterocycles. The number of fused-ring (bicyclic) bond motifs is 1. The Morgan fingerprint density at radius 1 is 1.25 bits per heavy atom. The molecule has 0 aliphatic carbocycles. The molecule has 3 rings (SSSR count). The normalized spacial score (nSPS) is 27.1. The average molecular weight is 467 g/mol. The van der Waals surface area contributed by atoms with Gasteiger partial charge < -0.3 is 25.0 Å². The van der Waals surface area contributed by atoms with E-state index < -0.39 is 59.0 Å². The molecule has 2 saturated heterocycles. The minimum atomic E-state index is -2.60. The van der Waals surface area contributed by atoms with Gasteiger partial charge in [-0.05, 0) is 26.3 Å². The molecule has 10 nitrogen and oxygen atoms in total. The molecule has 0 bridgehead atoms. The van der Waals surface area contributed by atoms with E-state index in [4.69, 9.17) is 9.47 Å². The number of hydrogen-bond donors (Lipinski definition) is 3. The second kappa shape index (κ2) is 8.99. The Bertz CT molecular complexity index is 903. The first-order valence-corrected chi connectivity index (χ1v) is 11.1. The largest absolute Gasteiger partial charge is 0.478 e. The molecule has 11 heteroatoms. The number of ether oxygens (including phenoxy) is 2. The standard InChI is InChI=1S/C21H26N2O8S/c1-20(2,3)31-15(24)9-14-21(29,18(26)27)23-13(11-32-14)16(17(23)25)22-19(28)30-10-12-7-5-4-6-8-12/h4-8,13-14,16,29H,9-11H2,1-3H3,(H,22,28)(H,26,27)/t13-,14?,16+,21?/m1/s1. The van der Waals surface area contributed by atoms with Crippen LogP contribution in [0.1, 0.15) is 32.8 Å². The number of thioether (sulfide) groups is 1. The van der Waals surface area contributed by atoms with Crippen LogP contribution in [0.4, 0.5) is 4.79 Å². The predicted molar refractivity (Wildman–Crippen MR) is 113 cm³/mol. The molecule has 4 atom stereocenters. The van der Waals surface area contributed by atoms with Gasteiger partial charge in [-0.1, -0.05) is 30.3 Å². The Morgan fingerprint density at radius 3 is 2.50 bits per heavy atom. The van der Waals surface area contributed by atoms with Gasteiger partial charge in [0.1, 0.15) is 18.2 Å². The van der Waals surface area contributed by atoms with Crippen molar-refractivity contribution in [1.29, 1.82) is 0 Å². The summed E-state index contributed by atoms with van der Waals surface area (Å²) in [6.07, 6.45) is -1.22. The first-order valence-electron chi connectivity index (χ1n) is 10.0. The smallest absolute Gasteiger partial charge is 0.408 e. The van der Waals surface area contributed by atoms with Crippen molar-refractivity contribution in [2.45, 2.75) is 62.5 Å². The molecule has 0 radical (unpaired) electrons. The summed E-state index contributed by atoms with van der Waals surface area (Å²) in [5.74, 6) is -2.87. The molecule has 174 valence electrons. The maximum atomic E-state index is 12.7. The minimum absolute atomic E-state index is 0.00768. The van der Waals surface area contributed by atoms with Gasteiger partial charge in [-0.25, -0.2) is 9.59 Å². The quantitative estimate of drug-likeness (QED) is 0.415. The van der Waals surface area contributed by atoms with E-state index in [2.05, 4.69) is 5.32 Å². The monoisotopic (exact) mass is 466 g/mol. The van der Waals surface area contributed by atoms with E-state index in [9.17, 15) is 29.4 Å². The minimum Gasteiger partial charge on any atom is -0.478 e. The topological polar surface area (TPSA) is 142 Å². The number of carboxylic acid groups (broad SMARTS) is 1. The lowest BCUT2D eigenvalue weighted by Crippen LogP contribution is -2.83. The highest BCUT2D eigenvalue weighted by Crippen LogP contribution is 2.44. The van der Waals surface area contributed by atoms with Gasteiger partial charge in [0.05, 0.1) is 17.7 Å². The summed E-state index contributed by atoms with van der Waals surface area (Å²) in [6.45, 7) is 5.02. The summed E-state index contributed by atoms with van der Waals surface area (Å²) >= 11 is 1.04. The van der Waals surface area contributed by atoms with Crippen LogP contribution in [0.2, 0.25) is 0 Å². The molecular weight excluding hydrogens is 440 g/mol. The van der Waals surface area contributed by atoms with Crippen molar-refractivity contribution in [2.75, 3.05) is 5.75 Å². The number of esters is 1. The van der Waals surface area contributed by atoms with Gasteiger partial charge in [0.25, 0.3) is 11.6 Å². The Balaban J connectivity index is 1.64. The summed E-state index contributed by atoms with van der Waals surface area (Å²) in [4.78, 5) is 49.8. The molecule has 32 heavy (non-hydrogen) atoms. The number of hydrogen-bond acceptors (Lipinski definition) is 8. The van der Waals surface area contributed by atoms with Crippen molar-refractivity contribution in [3.8, 4) is 0 Å². The van der Waals surface area contributed by atoms with Crippen LogP contribution >= 0.6 is 11.8 Å². The van der Waals surface area contributed by atoms with Crippen molar-refractivity contribution in [3.05, 3.63) is 35.9 Å². The van der Waals surface area contributed by atoms with Crippen molar-refractivity contribution in [1.82, 2.24) is 10.2 Å². The number of alkyl carbamates (subject to hydrolysis) is 1. The van der Waals surface area contributed by atoms with Crippen LogP contribution in [0.5, 0.6) is 0 Å². The van der Waals surface area contributed by atoms with Crippen molar-refractivity contribution < 1.29 is 38.9 Å². The molecule has 2 unspecified atom stereocenters. The number of carbonyl (C=O) groups is 4. The molecular formula is C21H26N2O8S. The van der Waals surface area contributed by atoms with Gasteiger partial charge in [0.2, 0.25) is 0 Å². The zero-order valence-corrected chi connectivity index (χ0v) is 18.8. The van der Waals surface area contributed by atoms with Crippen LogP contribution in [0, 0.1) is 0 Å². The third-order valence-corrected chi connectivity index (χ3v) is 6.51. The fourth-order valence-electron chi connectivity index (χ4n) is 3.65. The van der Waals surface area contributed by atoms with Gasteiger partial charge >= 0.3 is 18.0 Å². The highest BCUT2D eigenvalue weighted by molar-refractivity contribution is 8.00. The first kappa shape index (κ1) is 23.9. The van der Waals surface area contributed by atoms with Crippen molar-refractivity contribution in [3.63, 3.8) is 0 Å². The zero-order valence-electron chi connectivity index (χ0n) is 17.9. The number of carbonyl (C=O) groups excluding carboxylic acids is 3. The zero-order chi connectivity index (χ0) is 23.7. The van der Waals surface area contributed by atoms with E-state index in [-0.39, 0.29) is 12.4 Å². The maximum Gasteiger partial charge on any atom is 0.408 e. The molecule has 3 N–H and O–H groups in total. The lowest BCUT2D eigenvalue weighted by atomic mass is 9.89. The number of aliphatic hydroxyl groups is 1. The Morgan fingerprint density at radius 2 is 1.91 bits per heavy atom. The summed E-state index contributed by atoms with van der Waals surface area (Å²) in [7, 11) is 0. The Kier molecular flexibility index (Phi) is 6.70. The second-order valence-corrected chi connectivity index (χ2v) is 9.84. The molecule has 2 amide bonds. The van der Waals surface area contributed by atoms with Gasteiger partial charge in [0.15, 0.2) is 0 Å². The SMILES string of the molecule is CC(C)(C)OC(=O)CC1SC[C@@H]2[C@H](NC(=O)OCc3ccccc3)C(=O)N2C1(O)C(=O)O. The molecule has 1 aromatic carbocycles. The Hall–Kier alpha value is -2.79. The van der Waals surface area contributed by atoms with Crippen LogP contribution in [0.25, 0.3) is 0 Å². The molecule has 2 aliphatic rings. The first-order chi connectivity index (χ1) is 14.9. The van der Waals surface area contributed by atoms with E-state index in [1.807, 2.05) is 6.07 Å². The van der Waals surface area contributed by atoms with Crippen LogP contribution in [0.3, 0.4) is 0 Å². The molecule has 2 fully saturated rings. The van der Waals surface area contributed by atoms with E-state index in [0.717, 1.165) is 22.2 Å². The molecule has 2 aliphatic heterocycles. The lowest BCUT2D eigenvalue weighted by molar-refractivity contribution is -0.212. The van der Waals surface area contributed by atoms with E-state index >= 15 is 0 Å². The van der Waals surface area contributed by atoms with Gasteiger partial charge in [-0.3, -0.25) is 14.5 Å². The Labute approximate surface area is 189 Å². The number of carboxylic acids is 1. The van der Waals surface area contributed by atoms with Crippen LogP contribution in [0.15, 0.2) is 30.3 Å². The summed E-state index contributed by atoms with van der Waals surface area (Å²) < 4.78 is 10.3. The third kappa shape index (κ3) is 4.83. The summed E-state index contributed by atoms with van der Waals surface area (Å²) in [5, 5.41) is 22.0. The maximum absolute atomic E-state index is 12.7. The number of benzene rings is 1. The van der Waals surface area contributed by atoms with Gasteiger partial charge in [-0.2, -0.15) is 11.8 Å². The number of amides is 2. The number of aliphatic carboxylic acids is 1. The lowest BCUT2D eigenvalue weighted by Gasteiger charge is -2.57. The van der Waals surface area contributed by atoms with Crippen LogP contribution in [-0.4, -0.2) is 73.5 Å².